The summed E-state index contributed by atoms with van der Waals surface area (Å²) in [6, 6.07) is -2.22. The first kappa shape index (κ1) is 13.9. The Morgan fingerprint density at radius 2 is 2.22 bits per heavy atom. The van der Waals surface area contributed by atoms with E-state index in [0.717, 1.165) is 0 Å². The lowest BCUT2D eigenvalue weighted by atomic mass is 10.2. The molecule has 0 spiro atoms. The predicted molar refractivity (Wildman–Crippen MR) is 59.6 cm³/mol. The van der Waals surface area contributed by atoms with Crippen LogP contribution in [-0.4, -0.2) is 50.0 Å². The van der Waals surface area contributed by atoms with E-state index in [1.54, 1.807) is 6.92 Å². The number of nitrogens with one attached hydrogen (secondary N) is 3. The molecule has 1 aromatic rings. The van der Waals surface area contributed by atoms with E-state index >= 15 is 0 Å². The van der Waals surface area contributed by atoms with Gasteiger partial charge in [-0.2, -0.15) is 5.10 Å². The van der Waals surface area contributed by atoms with Crippen LogP contribution in [0.3, 0.4) is 0 Å². The van der Waals surface area contributed by atoms with Gasteiger partial charge < -0.3 is 20.8 Å². The standard InChI is InChI=1S/C9H15N5O4/c1-5(7-10-4-11-14-7)12-9(18)13-6(2-3-15)8(16)17/h4-6,15H,2-3H2,1H3,(H,16,17)(H,10,11,14)(H2,12,13,18)/t5?,6-/m1/s1. The second-order valence-electron chi connectivity index (χ2n) is 3.61. The van der Waals surface area contributed by atoms with Crippen LogP contribution in [0.25, 0.3) is 0 Å². The molecule has 0 aliphatic rings. The summed E-state index contributed by atoms with van der Waals surface area (Å²) in [4.78, 5) is 26.1. The smallest absolute Gasteiger partial charge is 0.326 e. The fourth-order valence-corrected chi connectivity index (χ4v) is 1.27. The molecule has 0 bridgehead atoms. The molecule has 0 radical (unpaired) electrons. The average Bonchev–Trinajstić information content (AvgIpc) is 2.81. The number of carboxylic acid groups (broad SMARTS) is 1. The summed E-state index contributed by atoms with van der Waals surface area (Å²) >= 11 is 0. The van der Waals surface area contributed by atoms with Crippen molar-refractivity contribution in [2.45, 2.75) is 25.4 Å². The maximum Gasteiger partial charge on any atom is 0.326 e. The highest BCUT2D eigenvalue weighted by molar-refractivity contribution is 5.82. The zero-order chi connectivity index (χ0) is 13.5. The number of aliphatic hydroxyl groups excluding tert-OH is 1. The van der Waals surface area contributed by atoms with Gasteiger partial charge in [-0.25, -0.2) is 14.6 Å². The van der Waals surface area contributed by atoms with Crippen LogP contribution in [0.4, 0.5) is 4.79 Å². The number of carboxylic acids is 1. The van der Waals surface area contributed by atoms with Crippen molar-refractivity contribution >= 4 is 12.0 Å². The number of amides is 2. The monoisotopic (exact) mass is 257 g/mol. The number of rotatable bonds is 6. The molecule has 0 aliphatic heterocycles. The molecule has 100 valence electrons. The third kappa shape index (κ3) is 4.01. The van der Waals surface area contributed by atoms with Gasteiger partial charge in [-0.1, -0.05) is 0 Å². The van der Waals surface area contributed by atoms with Crippen LogP contribution < -0.4 is 10.6 Å². The third-order valence-corrected chi connectivity index (χ3v) is 2.21. The van der Waals surface area contributed by atoms with Crippen LogP contribution in [0, 0.1) is 0 Å². The maximum atomic E-state index is 11.5. The molecule has 9 heteroatoms. The van der Waals surface area contributed by atoms with E-state index in [4.69, 9.17) is 10.2 Å². The van der Waals surface area contributed by atoms with Gasteiger partial charge in [0.2, 0.25) is 0 Å². The van der Waals surface area contributed by atoms with Crippen molar-refractivity contribution in [3.8, 4) is 0 Å². The van der Waals surface area contributed by atoms with Crippen LogP contribution in [0.2, 0.25) is 0 Å². The molecule has 2 amide bonds. The van der Waals surface area contributed by atoms with Crippen molar-refractivity contribution in [3.63, 3.8) is 0 Å². The first-order valence-electron chi connectivity index (χ1n) is 5.30. The zero-order valence-electron chi connectivity index (χ0n) is 9.75. The average molecular weight is 257 g/mol. The van der Waals surface area contributed by atoms with Gasteiger partial charge in [0, 0.05) is 13.0 Å². The number of aromatic nitrogens is 3. The van der Waals surface area contributed by atoms with Crippen molar-refractivity contribution in [1.82, 2.24) is 25.8 Å². The van der Waals surface area contributed by atoms with Crippen LogP contribution in [0.15, 0.2) is 6.33 Å². The first-order valence-corrected chi connectivity index (χ1v) is 5.30. The lowest BCUT2D eigenvalue weighted by molar-refractivity contribution is -0.139. The molecule has 9 nitrogen and oxygen atoms in total. The lowest BCUT2D eigenvalue weighted by Crippen LogP contribution is -2.47. The molecule has 1 rings (SSSR count). The zero-order valence-corrected chi connectivity index (χ0v) is 9.75. The van der Waals surface area contributed by atoms with Gasteiger partial charge in [-0.15, -0.1) is 0 Å². The molecule has 0 aliphatic carbocycles. The van der Waals surface area contributed by atoms with Gasteiger partial charge in [0.05, 0.1) is 6.04 Å². The van der Waals surface area contributed by atoms with E-state index in [1.165, 1.54) is 6.33 Å². The van der Waals surface area contributed by atoms with Gasteiger partial charge in [0.1, 0.15) is 18.2 Å². The number of H-pyrrole nitrogens is 1. The molecule has 2 atom stereocenters. The van der Waals surface area contributed by atoms with Crippen LogP contribution in [0.5, 0.6) is 0 Å². The van der Waals surface area contributed by atoms with Gasteiger partial charge >= 0.3 is 12.0 Å². The van der Waals surface area contributed by atoms with Crippen LogP contribution >= 0.6 is 0 Å². The number of carbonyl (C=O) groups excluding carboxylic acids is 1. The molecule has 0 saturated heterocycles. The molecular formula is C9H15N5O4. The van der Waals surface area contributed by atoms with Crippen molar-refractivity contribution in [3.05, 3.63) is 12.2 Å². The minimum absolute atomic E-state index is 0.0561. The van der Waals surface area contributed by atoms with E-state index in [1.807, 2.05) is 0 Å². The van der Waals surface area contributed by atoms with Gasteiger partial charge in [0.15, 0.2) is 0 Å². The quantitative estimate of drug-likeness (QED) is 0.442. The Hall–Kier alpha value is -2.16. The molecule has 1 unspecified atom stereocenters. The van der Waals surface area contributed by atoms with Crippen LogP contribution in [0.1, 0.15) is 25.2 Å². The van der Waals surface area contributed by atoms with Gasteiger partial charge in [-0.05, 0) is 6.92 Å². The molecule has 18 heavy (non-hydrogen) atoms. The van der Waals surface area contributed by atoms with E-state index in [-0.39, 0.29) is 13.0 Å². The van der Waals surface area contributed by atoms with Crippen LogP contribution in [-0.2, 0) is 4.79 Å². The Morgan fingerprint density at radius 3 is 2.72 bits per heavy atom. The fraction of sp³-hybridized carbons (Fsp3) is 0.556. The van der Waals surface area contributed by atoms with E-state index < -0.39 is 24.1 Å². The Bertz CT molecular complexity index is 394. The largest absolute Gasteiger partial charge is 0.480 e. The summed E-state index contributed by atoms with van der Waals surface area (Å²) in [6.45, 7) is 1.34. The normalized spacial score (nSPS) is 13.7. The number of urea groups is 1. The summed E-state index contributed by atoms with van der Waals surface area (Å²) in [5.74, 6) is -0.745. The number of aliphatic hydroxyl groups is 1. The van der Waals surface area contributed by atoms with Gasteiger partial charge in [-0.3, -0.25) is 5.10 Å². The number of carbonyl (C=O) groups is 2. The molecule has 0 aromatic carbocycles. The second kappa shape index (κ2) is 6.55. The molecule has 1 aromatic heterocycles. The highest BCUT2D eigenvalue weighted by Gasteiger charge is 2.20. The third-order valence-electron chi connectivity index (χ3n) is 2.21. The van der Waals surface area contributed by atoms with Crippen molar-refractivity contribution in [2.24, 2.45) is 0 Å². The molecule has 1 heterocycles. The fourth-order valence-electron chi connectivity index (χ4n) is 1.27. The number of aliphatic carboxylic acids is 1. The Labute approximate surface area is 103 Å². The topological polar surface area (TPSA) is 140 Å². The molecule has 0 fully saturated rings. The number of hydrogen-bond donors (Lipinski definition) is 5. The molecule has 0 saturated carbocycles. The van der Waals surface area contributed by atoms with E-state index in [0.29, 0.717) is 5.82 Å². The Morgan fingerprint density at radius 1 is 1.50 bits per heavy atom. The van der Waals surface area contributed by atoms with E-state index in [2.05, 4.69) is 25.8 Å². The van der Waals surface area contributed by atoms with Gasteiger partial charge in [0.25, 0.3) is 0 Å². The SMILES string of the molecule is CC(NC(=O)N[C@H](CCO)C(=O)O)c1ncn[nH]1. The highest BCUT2D eigenvalue weighted by Crippen LogP contribution is 2.03. The molecular weight excluding hydrogens is 242 g/mol. The summed E-state index contributed by atoms with van der Waals surface area (Å²) in [5.41, 5.74) is 0. The maximum absolute atomic E-state index is 11.5. The predicted octanol–water partition coefficient (Wildman–Crippen LogP) is -0.999. The number of aromatic amines is 1. The first-order chi connectivity index (χ1) is 8.54. The number of hydrogen-bond acceptors (Lipinski definition) is 5. The lowest BCUT2D eigenvalue weighted by Gasteiger charge is -2.16. The second-order valence-corrected chi connectivity index (χ2v) is 3.61. The minimum atomic E-state index is -1.20. The Kier molecular flexibility index (Phi) is 5.06. The van der Waals surface area contributed by atoms with E-state index in [9.17, 15) is 9.59 Å². The number of nitrogens with zero attached hydrogens (tertiary/aromatic N) is 2. The summed E-state index contributed by atoms with van der Waals surface area (Å²) in [5, 5.41) is 28.4. The summed E-state index contributed by atoms with van der Waals surface area (Å²) in [7, 11) is 0. The Balaban J connectivity index is 2.47. The molecule has 5 N–H and O–H groups in total. The highest BCUT2D eigenvalue weighted by atomic mass is 16.4. The van der Waals surface area contributed by atoms with Crippen molar-refractivity contribution < 1.29 is 19.8 Å². The minimum Gasteiger partial charge on any atom is -0.480 e. The summed E-state index contributed by atoms with van der Waals surface area (Å²) in [6.07, 6.45) is 1.25. The van der Waals surface area contributed by atoms with Crippen molar-refractivity contribution in [2.75, 3.05) is 6.61 Å². The van der Waals surface area contributed by atoms with Crippen molar-refractivity contribution in [1.29, 1.82) is 0 Å². The summed E-state index contributed by atoms with van der Waals surface area (Å²) < 4.78 is 0.